The van der Waals surface area contributed by atoms with Crippen molar-refractivity contribution in [2.24, 2.45) is 0 Å². The lowest BCUT2D eigenvalue weighted by Gasteiger charge is -2.40. The molecule has 0 unspecified atom stereocenters. The molecule has 2 aromatic rings. The van der Waals surface area contributed by atoms with Crippen LogP contribution >= 0.6 is 11.3 Å². The highest BCUT2D eigenvalue weighted by atomic mass is 32.1. The number of aliphatic hydroxyl groups excluding tert-OH is 1. The Hall–Kier alpha value is -1.76. The van der Waals surface area contributed by atoms with Crippen molar-refractivity contribution in [2.75, 3.05) is 19.8 Å². The van der Waals surface area contributed by atoms with Gasteiger partial charge in [0.05, 0.1) is 30.0 Å². The number of amides is 1. The summed E-state index contributed by atoms with van der Waals surface area (Å²) >= 11 is 1.42. The van der Waals surface area contributed by atoms with Crippen molar-refractivity contribution in [1.82, 2.24) is 9.88 Å². The van der Waals surface area contributed by atoms with E-state index in [0.717, 1.165) is 16.3 Å². The lowest BCUT2D eigenvalue weighted by Crippen LogP contribution is -2.49. The lowest BCUT2D eigenvalue weighted by atomic mass is 9.98. The average molecular weight is 332 g/mol. The molecular weight excluding hydrogens is 312 g/mol. The molecular formula is C17H20N2O3S. The van der Waals surface area contributed by atoms with Crippen molar-refractivity contribution in [3.8, 4) is 0 Å². The molecule has 2 heterocycles. The van der Waals surface area contributed by atoms with Gasteiger partial charge in [-0.25, -0.2) is 4.98 Å². The summed E-state index contributed by atoms with van der Waals surface area (Å²) < 4.78 is 5.69. The van der Waals surface area contributed by atoms with Gasteiger partial charge in [0.15, 0.2) is 0 Å². The molecule has 0 radical (unpaired) electrons. The minimum absolute atomic E-state index is 0.0382. The number of nitrogens with zero attached hydrogens (tertiary/aromatic N) is 2. The normalized spacial score (nSPS) is 21.4. The van der Waals surface area contributed by atoms with Gasteiger partial charge in [0.2, 0.25) is 0 Å². The fourth-order valence-electron chi connectivity index (χ4n) is 3.02. The summed E-state index contributed by atoms with van der Waals surface area (Å²) in [7, 11) is 0. The molecule has 122 valence electrons. The Morgan fingerprint density at radius 2 is 2.13 bits per heavy atom. The first-order valence-electron chi connectivity index (χ1n) is 7.64. The second-order valence-electron chi connectivity index (χ2n) is 5.59. The van der Waals surface area contributed by atoms with E-state index in [-0.39, 0.29) is 18.6 Å². The Labute approximate surface area is 139 Å². The molecule has 1 N–H and O–H groups in total. The van der Waals surface area contributed by atoms with Gasteiger partial charge in [-0.05, 0) is 19.4 Å². The van der Waals surface area contributed by atoms with Crippen molar-refractivity contribution in [2.45, 2.75) is 26.0 Å². The van der Waals surface area contributed by atoms with Crippen molar-refractivity contribution in [3.05, 3.63) is 51.5 Å². The first kappa shape index (κ1) is 16.1. The van der Waals surface area contributed by atoms with Gasteiger partial charge >= 0.3 is 0 Å². The molecule has 6 heteroatoms. The van der Waals surface area contributed by atoms with E-state index < -0.39 is 6.10 Å². The van der Waals surface area contributed by atoms with E-state index in [1.807, 2.05) is 44.2 Å². The number of aryl methyl sites for hydroxylation is 2. The third-order valence-electron chi connectivity index (χ3n) is 4.03. The largest absolute Gasteiger partial charge is 0.394 e. The number of morpholine rings is 1. The Morgan fingerprint density at radius 1 is 1.39 bits per heavy atom. The van der Waals surface area contributed by atoms with E-state index in [0.29, 0.717) is 18.0 Å². The smallest absolute Gasteiger partial charge is 0.266 e. The lowest BCUT2D eigenvalue weighted by molar-refractivity contribution is -0.0810. The van der Waals surface area contributed by atoms with Gasteiger partial charge in [-0.3, -0.25) is 4.79 Å². The number of hydrogen-bond donors (Lipinski definition) is 1. The fourth-order valence-corrected chi connectivity index (χ4v) is 3.89. The second kappa shape index (κ2) is 6.78. The van der Waals surface area contributed by atoms with Crippen LogP contribution in [0.5, 0.6) is 0 Å². The Kier molecular flexibility index (Phi) is 4.75. The molecule has 5 nitrogen and oxygen atoms in total. The minimum atomic E-state index is -0.413. The highest BCUT2D eigenvalue weighted by Gasteiger charge is 2.37. The molecule has 2 atom stereocenters. The first-order valence-corrected chi connectivity index (χ1v) is 8.46. The van der Waals surface area contributed by atoms with Gasteiger partial charge in [-0.15, -0.1) is 11.3 Å². The Morgan fingerprint density at radius 3 is 2.74 bits per heavy atom. The summed E-state index contributed by atoms with van der Waals surface area (Å²) in [4.78, 5) is 19.9. The zero-order valence-electron chi connectivity index (χ0n) is 13.2. The number of aliphatic hydroxyl groups is 1. The zero-order chi connectivity index (χ0) is 16.4. The van der Waals surface area contributed by atoms with E-state index in [4.69, 9.17) is 4.74 Å². The van der Waals surface area contributed by atoms with Gasteiger partial charge < -0.3 is 14.7 Å². The van der Waals surface area contributed by atoms with Gasteiger partial charge in [0.25, 0.3) is 5.91 Å². The SMILES string of the molecule is Cc1nc(C)c(C(=O)N2CCO[C@H](CO)[C@H]2c2ccccc2)s1. The number of benzene rings is 1. The monoisotopic (exact) mass is 332 g/mol. The minimum Gasteiger partial charge on any atom is -0.394 e. The highest BCUT2D eigenvalue weighted by Crippen LogP contribution is 2.32. The number of rotatable bonds is 3. The number of hydrogen-bond acceptors (Lipinski definition) is 5. The Balaban J connectivity index is 1.97. The molecule has 0 saturated carbocycles. The molecule has 1 aromatic heterocycles. The van der Waals surface area contributed by atoms with Crippen molar-refractivity contribution >= 4 is 17.2 Å². The highest BCUT2D eigenvalue weighted by molar-refractivity contribution is 7.13. The van der Waals surface area contributed by atoms with Crippen molar-refractivity contribution < 1.29 is 14.6 Å². The molecule has 1 amide bonds. The quantitative estimate of drug-likeness (QED) is 0.937. The van der Waals surface area contributed by atoms with Crippen LogP contribution < -0.4 is 0 Å². The number of ether oxygens (including phenoxy) is 1. The maximum atomic E-state index is 13.0. The van der Waals surface area contributed by atoms with Gasteiger partial charge in [0, 0.05) is 6.54 Å². The van der Waals surface area contributed by atoms with Crippen molar-refractivity contribution in [3.63, 3.8) is 0 Å². The van der Waals surface area contributed by atoms with E-state index >= 15 is 0 Å². The van der Waals surface area contributed by atoms with Crippen LogP contribution in [0.3, 0.4) is 0 Å². The summed E-state index contributed by atoms with van der Waals surface area (Å²) in [5, 5.41) is 10.6. The summed E-state index contributed by atoms with van der Waals surface area (Å²) in [6.45, 7) is 4.57. The molecule has 23 heavy (non-hydrogen) atoms. The molecule has 1 fully saturated rings. The molecule has 0 spiro atoms. The zero-order valence-corrected chi connectivity index (χ0v) is 14.0. The molecule has 1 aliphatic rings. The first-order chi connectivity index (χ1) is 11.1. The molecule has 1 aromatic carbocycles. The summed E-state index contributed by atoms with van der Waals surface area (Å²) in [6.07, 6.45) is -0.413. The van der Waals surface area contributed by atoms with Gasteiger partial charge in [0.1, 0.15) is 11.0 Å². The topological polar surface area (TPSA) is 62.7 Å². The standard InChI is InChI=1S/C17H20N2O3S/c1-11-16(23-12(2)18-11)17(21)19-8-9-22-14(10-20)15(19)13-6-4-3-5-7-13/h3-7,14-15,20H,8-10H2,1-2H3/t14-,15-/m1/s1. The molecule has 1 aliphatic heterocycles. The van der Waals surface area contributed by atoms with Crippen LogP contribution in [-0.2, 0) is 4.74 Å². The maximum absolute atomic E-state index is 13.0. The number of thiazole rings is 1. The van der Waals surface area contributed by atoms with Crippen LogP contribution in [0.25, 0.3) is 0 Å². The summed E-state index contributed by atoms with van der Waals surface area (Å²) in [6, 6.07) is 9.44. The number of carbonyl (C=O) groups excluding carboxylic acids is 1. The van der Waals surface area contributed by atoms with Crippen LogP contribution in [0.2, 0.25) is 0 Å². The fraction of sp³-hybridized carbons (Fsp3) is 0.412. The molecule has 1 saturated heterocycles. The number of carbonyl (C=O) groups is 1. The van der Waals surface area contributed by atoms with Crippen molar-refractivity contribution in [1.29, 1.82) is 0 Å². The van der Waals surface area contributed by atoms with E-state index in [1.165, 1.54) is 11.3 Å². The van der Waals surface area contributed by atoms with E-state index in [9.17, 15) is 9.90 Å². The van der Waals surface area contributed by atoms with Crippen LogP contribution in [0, 0.1) is 13.8 Å². The average Bonchev–Trinajstić information content (AvgIpc) is 2.92. The van der Waals surface area contributed by atoms with Crippen LogP contribution in [0.4, 0.5) is 0 Å². The van der Waals surface area contributed by atoms with Crippen LogP contribution in [0.15, 0.2) is 30.3 Å². The maximum Gasteiger partial charge on any atom is 0.266 e. The molecule has 0 bridgehead atoms. The summed E-state index contributed by atoms with van der Waals surface area (Å²) in [5.41, 5.74) is 1.73. The second-order valence-corrected chi connectivity index (χ2v) is 6.80. The van der Waals surface area contributed by atoms with Crippen LogP contribution in [-0.4, -0.2) is 46.8 Å². The van der Waals surface area contributed by atoms with E-state index in [2.05, 4.69) is 4.98 Å². The summed E-state index contributed by atoms with van der Waals surface area (Å²) in [5.74, 6) is -0.0382. The van der Waals surface area contributed by atoms with E-state index in [1.54, 1.807) is 4.90 Å². The predicted molar refractivity (Wildman–Crippen MR) is 88.6 cm³/mol. The third kappa shape index (κ3) is 3.15. The predicted octanol–water partition coefficient (Wildman–Crippen LogP) is 2.33. The molecule has 0 aliphatic carbocycles. The van der Waals surface area contributed by atoms with Gasteiger partial charge in [-0.1, -0.05) is 30.3 Å². The number of aromatic nitrogens is 1. The third-order valence-corrected chi connectivity index (χ3v) is 5.09. The molecule has 3 rings (SSSR count). The Bertz CT molecular complexity index is 686. The van der Waals surface area contributed by atoms with Gasteiger partial charge in [-0.2, -0.15) is 0 Å². The van der Waals surface area contributed by atoms with Crippen LogP contribution in [0.1, 0.15) is 32.0 Å².